The van der Waals surface area contributed by atoms with Crippen molar-refractivity contribution in [2.24, 2.45) is 0 Å². The van der Waals surface area contributed by atoms with Gasteiger partial charge in [-0.1, -0.05) is 12.1 Å². The van der Waals surface area contributed by atoms with E-state index in [0.717, 1.165) is 35.0 Å². The van der Waals surface area contributed by atoms with Crippen LogP contribution < -0.4 is 15.0 Å². The van der Waals surface area contributed by atoms with Crippen LogP contribution in [0.15, 0.2) is 42.0 Å². The van der Waals surface area contributed by atoms with Gasteiger partial charge in [-0.3, -0.25) is 4.79 Å². The fourth-order valence-electron chi connectivity index (χ4n) is 3.27. The fourth-order valence-corrected chi connectivity index (χ4v) is 4.84. The van der Waals surface area contributed by atoms with Crippen LogP contribution in [-0.2, 0) is 11.2 Å². The van der Waals surface area contributed by atoms with Crippen LogP contribution in [0.25, 0.3) is 0 Å². The van der Waals surface area contributed by atoms with E-state index in [1.807, 2.05) is 10.3 Å². The molecule has 6 nitrogen and oxygen atoms in total. The molecule has 0 bridgehead atoms. The fraction of sp³-hybridized carbons (Fsp3) is 0.316. The number of rotatable bonds is 6. The number of carbonyl (C=O) groups is 1. The Morgan fingerprint density at radius 3 is 2.77 bits per heavy atom. The van der Waals surface area contributed by atoms with E-state index in [1.165, 1.54) is 34.8 Å². The Morgan fingerprint density at radius 2 is 2.07 bits per heavy atom. The molecule has 0 aliphatic carbocycles. The lowest BCUT2D eigenvalue weighted by Crippen LogP contribution is -2.39. The average molecular weight is 454 g/mol. The van der Waals surface area contributed by atoms with Crippen LogP contribution >= 0.6 is 22.7 Å². The number of aromatic nitrogens is 2. The molecule has 1 aliphatic heterocycles. The van der Waals surface area contributed by atoms with Crippen LogP contribution in [0.4, 0.5) is 23.4 Å². The molecule has 158 valence electrons. The highest BCUT2D eigenvalue weighted by Crippen LogP contribution is 2.29. The third-order valence-corrected chi connectivity index (χ3v) is 6.26. The van der Waals surface area contributed by atoms with E-state index in [0.29, 0.717) is 11.6 Å². The molecule has 0 unspecified atom stereocenters. The van der Waals surface area contributed by atoms with Gasteiger partial charge in [0, 0.05) is 35.6 Å². The molecule has 0 spiro atoms. The summed E-state index contributed by atoms with van der Waals surface area (Å²) in [7, 11) is 0. The van der Waals surface area contributed by atoms with E-state index in [4.69, 9.17) is 0 Å². The Labute approximate surface area is 178 Å². The number of carbonyl (C=O) groups excluding carboxylic acids is 1. The van der Waals surface area contributed by atoms with Gasteiger partial charge in [-0.05, 0) is 30.5 Å². The molecule has 1 fully saturated rings. The van der Waals surface area contributed by atoms with E-state index < -0.39 is 6.36 Å². The summed E-state index contributed by atoms with van der Waals surface area (Å²) in [6.07, 6.45) is 0.857. The van der Waals surface area contributed by atoms with Crippen molar-refractivity contribution >= 4 is 38.8 Å². The normalized spacial score (nSPS) is 16.6. The van der Waals surface area contributed by atoms with Crippen molar-refractivity contribution < 1.29 is 22.7 Å². The Balaban J connectivity index is 1.35. The summed E-state index contributed by atoms with van der Waals surface area (Å²) >= 11 is 2.85. The molecular formula is C19H17F3N4O2S2. The second-order valence-electron chi connectivity index (χ2n) is 6.66. The van der Waals surface area contributed by atoms with Gasteiger partial charge in [-0.2, -0.15) is 0 Å². The molecule has 1 aliphatic rings. The largest absolute Gasteiger partial charge is 0.573 e. The first kappa shape index (κ1) is 20.6. The van der Waals surface area contributed by atoms with Crippen molar-refractivity contribution in [2.45, 2.75) is 31.7 Å². The SMILES string of the molecule is O=C(Nc1ncc(Cc2ccc(OC(F)(F)F)cc2)s1)[C@H]1CCCN1c1nccs1. The lowest BCUT2D eigenvalue weighted by atomic mass is 10.1. The van der Waals surface area contributed by atoms with Gasteiger partial charge in [0.15, 0.2) is 10.3 Å². The molecule has 0 radical (unpaired) electrons. The molecule has 3 heterocycles. The van der Waals surface area contributed by atoms with Crippen molar-refractivity contribution in [3.8, 4) is 5.75 Å². The minimum Gasteiger partial charge on any atom is -0.406 e. The number of halogens is 3. The summed E-state index contributed by atoms with van der Waals surface area (Å²) in [6, 6.07) is 5.43. The third-order valence-electron chi connectivity index (χ3n) is 4.54. The highest BCUT2D eigenvalue weighted by Gasteiger charge is 2.33. The number of hydrogen-bond acceptors (Lipinski definition) is 7. The van der Waals surface area contributed by atoms with Crippen molar-refractivity contribution in [1.29, 1.82) is 0 Å². The standard InChI is InChI=1S/C19H17F3N4O2S2/c20-19(21,22)28-13-5-3-12(4-6-13)10-14-11-24-17(30-14)25-16(27)15-2-1-8-26(15)18-23-7-9-29-18/h3-7,9,11,15H,1-2,8,10H2,(H,24,25,27)/t15-/m1/s1. The number of thiazole rings is 2. The lowest BCUT2D eigenvalue weighted by Gasteiger charge is -2.22. The first-order valence-electron chi connectivity index (χ1n) is 9.14. The number of amides is 1. The predicted octanol–water partition coefficient (Wildman–Crippen LogP) is 4.70. The van der Waals surface area contributed by atoms with E-state index in [2.05, 4.69) is 20.0 Å². The quantitative estimate of drug-likeness (QED) is 0.585. The first-order chi connectivity index (χ1) is 14.4. The number of nitrogens with zero attached hydrogens (tertiary/aromatic N) is 3. The van der Waals surface area contributed by atoms with Gasteiger partial charge in [0.1, 0.15) is 11.8 Å². The van der Waals surface area contributed by atoms with E-state index >= 15 is 0 Å². The Morgan fingerprint density at radius 1 is 1.27 bits per heavy atom. The highest BCUT2D eigenvalue weighted by molar-refractivity contribution is 7.15. The molecule has 4 rings (SSSR count). The maximum atomic E-state index is 12.7. The number of hydrogen-bond donors (Lipinski definition) is 1. The molecule has 1 N–H and O–H groups in total. The number of nitrogens with one attached hydrogen (secondary N) is 1. The minimum atomic E-state index is -4.71. The molecule has 1 amide bonds. The second kappa shape index (κ2) is 8.60. The third kappa shape index (κ3) is 5.08. The minimum absolute atomic E-state index is 0.114. The van der Waals surface area contributed by atoms with Gasteiger partial charge in [-0.25, -0.2) is 9.97 Å². The van der Waals surface area contributed by atoms with Gasteiger partial charge in [0.2, 0.25) is 5.91 Å². The van der Waals surface area contributed by atoms with Gasteiger partial charge < -0.3 is 15.0 Å². The Kier molecular flexibility index (Phi) is 5.91. The van der Waals surface area contributed by atoms with E-state index in [-0.39, 0.29) is 17.7 Å². The number of anilines is 2. The highest BCUT2D eigenvalue weighted by atomic mass is 32.1. The first-order valence-corrected chi connectivity index (χ1v) is 10.8. The Bertz CT molecular complexity index is 990. The van der Waals surface area contributed by atoms with Crippen LogP contribution in [0.3, 0.4) is 0 Å². The van der Waals surface area contributed by atoms with Crippen molar-refractivity contribution in [3.63, 3.8) is 0 Å². The van der Waals surface area contributed by atoms with Crippen molar-refractivity contribution in [3.05, 3.63) is 52.5 Å². The molecule has 2 aromatic heterocycles. The molecular weight excluding hydrogens is 437 g/mol. The molecule has 1 atom stereocenters. The number of ether oxygens (including phenoxy) is 1. The maximum Gasteiger partial charge on any atom is 0.573 e. The molecule has 11 heteroatoms. The Hall–Kier alpha value is -2.66. The molecule has 3 aromatic rings. The predicted molar refractivity (Wildman–Crippen MR) is 109 cm³/mol. The summed E-state index contributed by atoms with van der Waals surface area (Å²) in [5.74, 6) is -0.373. The number of benzene rings is 1. The summed E-state index contributed by atoms with van der Waals surface area (Å²) in [6.45, 7) is 0.794. The second-order valence-corrected chi connectivity index (χ2v) is 8.64. The smallest absolute Gasteiger partial charge is 0.406 e. The molecule has 0 saturated carbocycles. The summed E-state index contributed by atoms with van der Waals surface area (Å²) in [5.41, 5.74) is 0.816. The van der Waals surface area contributed by atoms with Gasteiger partial charge in [0.25, 0.3) is 0 Å². The van der Waals surface area contributed by atoms with Gasteiger partial charge in [-0.15, -0.1) is 35.8 Å². The van der Waals surface area contributed by atoms with E-state index in [1.54, 1.807) is 24.5 Å². The topological polar surface area (TPSA) is 67.3 Å². The van der Waals surface area contributed by atoms with Crippen molar-refractivity contribution in [2.75, 3.05) is 16.8 Å². The van der Waals surface area contributed by atoms with Crippen LogP contribution in [0.2, 0.25) is 0 Å². The van der Waals surface area contributed by atoms with Crippen LogP contribution in [0, 0.1) is 0 Å². The molecule has 1 saturated heterocycles. The van der Waals surface area contributed by atoms with Crippen LogP contribution in [-0.4, -0.2) is 34.8 Å². The maximum absolute atomic E-state index is 12.7. The van der Waals surface area contributed by atoms with Gasteiger partial charge >= 0.3 is 6.36 Å². The van der Waals surface area contributed by atoms with Crippen LogP contribution in [0.5, 0.6) is 5.75 Å². The molecule has 1 aromatic carbocycles. The van der Waals surface area contributed by atoms with Gasteiger partial charge in [0.05, 0.1) is 0 Å². The monoisotopic (exact) mass is 454 g/mol. The summed E-state index contributed by atoms with van der Waals surface area (Å²) in [5, 5.41) is 6.10. The zero-order valence-corrected chi connectivity index (χ0v) is 17.2. The average Bonchev–Trinajstić information content (AvgIpc) is 3.43. The lowest BCUT2D eigenvalue weighted by molar-refractivity contribution is -0.274. The molecule has 30 heavy (non-hydrogen) atoms. The van der Waals surface area contributed by atoms with Crippen molar-refractivity contribution in [1.82, 2.24) is 9.97 Å². The number of alkyl halides is 3. The van der Waals surface area contributed by atoms with E-state index in [9.17, 15) is 18.0 Å². The zero-order valence-electron chi connectivity index (χ0n) is 15.6. The summed E-state index contributed by atoms with van der Waals surface area (Å²) < 4.78 is 40.6. The summed E-state index contributed by atoms with van der Waals surface area (Å²) in [4.78, 5) is 24.2. The van der Waals surface area contributed by atoms with Crippen LogP contribution in [0.1, 0.15) is 23.3 Å². The zero-order chi connectivity index (χ0) is 21.1.